The Kier molecular flexibility index (Phi) is 7.81. The molecule has 1 saturated heterocycles. The van der Waals surface area contributed by atoms with Crippen molar-refractivity contribution in [2.75, 3.05) is 18.6 Å². The van der Waals surface area contributed by atoms with Crippen molar-refractivity contribution in [2.24, 2.45) is 0 Å². The van der Waals surface area contributed by atoms with Crippen LogP contribution in [0.25, 0.3) is 16.0 Å². The average molecular weight is 593 g/mol. The highest BCUT2D eigenvalue weighted by molar-refractivity contribution is 7.22. The number of fused-ring (bicyclic) bond motifs is 1. The Morgan fingerprint density at radius 3 is 2.28 bits per heavy atom. The summed E-state index contributed by atoms with van der Waals surface area (Å²) in [5.41, 5.74) is 2.68. The van der Waals surface area contributed by atoms with Crippen molar-refractivity contribution in [2.45, 2.75) is 19.6 Å². The van der Waals surface area contributed by atoms with Gasteiger partial charge in [-0.05, 0) is 72.6 Å². The molecule has 0 aliphatic carbocycles. The van der Waals surface area contributed by atoms with Gasteiger partial charge in [-0.25, -0.2) is 4.98 Å². The molecule has 1 N–H and O–H groups in total. The summed E-state index contributed by atoms with van der Waals surface area (Å²) in [6.07, 6.45) is 0. The molecule has 1 fully saturated rings. The van der Waals surface area contributed by atoms with Gasteiger partial charge in [0.2, 0.25) is 0 Å². The van der Waals surface area contributed by atoms with Crippen molar-refractivity contribution < 1.29 is 28.9 Å². The molecule has 43 heavy (non-hydrogen) atoms. The number of hydrogen-bond donors (Lipinski definition) is 1. The summed E-state index contributed by atoms with van der Waals surface area (Å²) in [7, 11) is 1.54. The fraction of sp³-hybridized carbons (Fsp3) is 0.147. The minimum atomic E-state index is -0.919. The van der Waals surface area contributed by atoms with Gasteiger partial charge in [-0.1, -0.05) is 53.8 Å². The van der Waals surface area contributed by atoms with Crippen molar-refractivity contribution in [1.29, 1.82) is 0 Å². The Bertz CT molecular complexity index is 1810. The van der Waals surface area contributed by atoms with Crippen LogP contribution in [0.2, 0.25) is 0 Å². The monoisotopic (exact) mass is 592 g/mol. The predicted molar refractivity (Wildman–Crippen MR) is 166 cm³/mol. The molecular weight excluding hydrogens is 564 g/mol. The number of ketones is 1. The van der Waals surface area contributed by atoms with Crippen molar-refractivity contribution in [3.8, 4) is 17.2 Å². The molecular formula is C34H28N2O6S. The van der Waals surface area contributed by atoms with Gasteiger partial charge in [0.05, 0.1) is 35.5 Å². The van der Waals surface area contributed by atoms with Gasteiger partial charge in [-0.15, -0.1) is 0 Å². The number of methoxy groups -OCH3 is 1. The minimum Gasteiger partial charge on any atom is -0.507 e. The van der Waals surface area contributed by atoms with Gasteiger partial charge in [0.25, 0.3) is 5.78 Å². The first-order chi connectivity index (χ1) is 21.0. The average Bonchev–Trinajstić information content (AvgIpc) is 3.58. The van der Waals surface area contributed by atoms with E-state index < -0.39 is 17.7 Å². The van der Waals surface area contributed by atoms with E-state index in [2.05, 4.69) is 0 Å². The van der Waals surface area contributed by atoms with Crippen molar-refractivity contribution >= 4 is 44.1 Å². The lowest BCUT2D eigenvalue weighted by Gasteiger charge is -2.23. The van der Waals surface area contributed by atoms with Crippen molar-refractivity contribution in [1.82, 2.24) is 4.98 Å². The van der Waals surface area contributed by atoms with Crippen LogP contribution in [0, 0.1) is 0 Å². The van der Waals surface area contributed by atoms with E-state index in [-0.39, 0.29) is 11.3 Å². The molecule has 5 aromatic rings. The van der Waals surface area contributed by atoms with E-state index >= 15 is 0 Å². The normalized spacial score (nSPS) is 16.0. The Labute approximate surface area is 252 Å². The number of carbonyl (C=O) groups is 2. The van der Waals surface area contributed by atoms with Gasteiger partial charge in [-0.3, -0.25) is 14.5 Å². The summed E-state index contributed by atoms with van der Waals surface area (Å²) in [4.78, 5) is 33.3. The highest BCUT2D eigenvalue weighted by Crippen LogP contribution is 2.45. The minimum absolute atomic E-state index is 0.0256. The zero-order valence-electron chi connectivity index (χ0n) is 23.5. The smallest absolute Gasteiger partial charge is 0.301 e. The first kappa shape index (κ1) is 28.0. The highest BCUT2D eigenvalue weighted by atomic mass is 32.1. The number of anilines is 1. The maximum atomic E-state index is 13.6. The van der Waals surface area contributed by atoms with Crippen LogP contribution in [0.4, 0.5) is 5.13 Å². The molecule has 0 radical (unpaired) electrons. The molecule has 0 bridgehead atoms. The molecule has 9 heteroatoms. The third-order valence-corrected chi connectivity index (χ3v) is 8.14. The standard InChI is InChI=1S/C34H28N2O6S/c1-3-41-26-17-18-27-28(19-26)43-34(35-27)36-30(22-9-15-25(16-10-22)42-20-21-7-5-4-6-8-21)29(32(38)33(36)39)31(37)23-11-13-24(40-2)14-12-23/h4-19,30,37H,3,20H2,1-2H3. The summed E-state index contributed by atoms with van der Waals surface area (Å²) < 4.78 is 17.6. The first-order valence-electron chi connectivity index (χ1n) is 13.7. The summed E-state index contributed by atoms with van der Waals surface area (Å²) in [5, 5.41) is 11.8. The lowest BCUT2D eigenvalue weighted by Crippen LogP contribution is -2.29. The lowest BCUT2D eigenvalue weighted by molar-refractivity contribution is -0.132. The molecule has 4 aromatic carbocycles. The second-order valence-electron chi connectivity index (χ2n) is 9.80. The van der Waals surface area contributed by atoms with Crippen LogP contribution < -0.4 is 19.1 Å². The van der Waals surface area contributed by atoms with E-state index in [1.807, 2.05) is 55.5 Å². The number of amides is 1. The van der Waals surface area contributed by atoms with Gasteiger partial charge >= 0.3 is 5.91 Å². The third-order valence-electron chi connectivity index (χ3n) is 7.12. The Balaban J connectivity index is 1.42. The van der Waals surface area contributed by atoms with E-state index in [0.717, 1.165) is 10.3 Å². The number of aliphatic hydroxyl groups excluding tert-OH is 1. The van der Waals surface area contributed by atoms with E-state index in [9.17, 15) is 14.7 Å². The molecule has 2 heterocycles. The van der Waals surface area contributed by atoms with Gasteiger partial charge in [0.1, 0.15) is 29.6 Å². The molecule has 6 rings (SSSR count). The molecule has 1 unspecified atom stereocenters. The molecule has 216 valence electrons. The van der Waals surface area contributed by atoms with Crippen LogP contribution in [0.5, 0.6) is 17.2 Å². The summed E-state index contributed by atoms with van der Waals surface area (Å²) >= 11 is 1.28. The number of rotatable bonds is 9. The predicted octanol–water partition coefficient (Wildman–Crippen LogP) is 6.91. The molecule has 8 nitrogen and oxygen atoms in total. The van der Waals surface area contributed by atoms with Crippen molar-refractivity contribution in [3.63, 3.8) is 0 Å². The maximum absolute atomic E-state index is 13.6. The number of thiazole rings is 1. The van der Waals surface area contributed by atoms with Gasteiger partial charge in [0, 0.05) is 5.56 Å². The number of ether oxygens (including phenoxy) is 3. The maximum Gasteiger partial charge on any atom is 0.301 e. The largest absolute Gasteiger partial charge is 0.507 e. The summed E-state index contributed by atoms with van der Waals surface area (Å²) in [6.45, 7) is 2.82. The van der Waals surface area contributed by atoms with Crippen LogP contribution in [-0.2, 0) is 16.2 Å². The Hall–Kier alpha value is -5.15. The topological polar surface area (TPSA) is 98.2 Å². The van der Waals surface area contributed by atoms with Gasteiger partial charge in [0.15, 0.2) is 5.13 Å². The lowest BCUT2D eigenvalue weighted by atomic mass is 9.95. The fourth-order valence-electron chi connectivity index (χ4n) is 4.99. The van der Waals surface area contributed by atoms with E-state index in [1.54, 1.807) is 55.6 Å². The molecule has 1 amide bonds. The molecule has 0 spiro atoms. The molecule has 1 aromatic heterocycles. The van der Waals surface area contributed by atoms with Crippen LogP contribution >= 0.6 is 11.3 Å². The molecule has 1 aliphatic rings. The highest BCUT2D eigenvalue weighted by Gasteiger charge is 2.48. The SMILES string of the molecule is CCOc1ccc2nc(N3C(=O)C(=O)C(=C(O)c4ccc(OC)cc4)C3c3ccc(OCc4ccccc4)cc3)sc2c1. The summed E-state index contributed by atoms with van der Waals surface area (Å²) in [5.74, 6) is 0.0706. The van der Waals surface area contributed by atoms with E-state index in [4.69, 9.17) is 19.2 Å². The summed E-state index contributed by atoms with van der Waals surface area (Å²) in [6, 6.07) is 28.2. The second kappa shape index (κ2) is 12.0. The van der Waals surface area contributed by atoms with Crippen molar-refractivity contribution in [3.05, 3.63) is 119 Å². The van der Waals surface area contributed by atoms with Crippen LogP contribution in [0.15, 0.2) is 103 Å². The zero-order valence-corrected chi connectivity index (χ0v) is 24.3. The fourth-order valence-corrected chi connectivity index (χ4v) is 6.01. The molecule has 1 aliphatic heterocycles. The first-order valence-corrected chi connectivity index (χ1v) is 14.5. The van der Waals surface area contributed by atoms with Crippen LogP contribution in [0.3, 0.4) is 0 Å². The molecule has 1 atom stereocenters. The number of aromatic nitrogens is 1. The number of benzene rings is 4. The molecule has 0 saturated carbocycles. The number of carbonyl (C=O) groups excluding carboxylic acids is 2. The van der Waals surface area contributed by atoms with Crippen LogP contribution in [0.1, 0.15) is 29.7 Å². The van der Waals surface area contributed by atoms with Crippen LogP contribution in [-0.4, -0.2) is 35.5 Å². The Morgan fingerprint density at radius 1 is 0.884 bits per heavy atom. The zero-order chi connectivity index (χ0) is 29.9. The quantitative estimate of drug-likeness (QED) is 0.113. The number of Topliss-reactive ketones (excluding diaryl/α,β-unsaturated/α-hetero) is 1. The third kappa shape index (κ3) is 5.54. The second-order valence-corrected chi connectivity index (χ2v) is 10.8. The van der Waals surface area contributed by atoms with E-state index in [1.165, 1.54) is 16.2 Å². The number of aliphatic hydroxyl groups is 1. The Morgan fingerprint density at radius 2 is 1.58 bits per heavy atom. The van der Waals surface area contributed by atoms with E-state index in [0.29, 0.717) is 52.2 Å². The number of hydrogen-bond acceptors (Lipinski definition) is 8. The van der Waals surface area contributed by atoms with Gasteiger partial charge < -0.3 is 19.3 Å². The van der Waals surface area contributed by atoms with Gasteiger partial charge in [-0.2, -0.15) is 0 Å². The number of nitrogens with zero attached hydrogens (tertiary/aromatic N) is 2.